The number of piperidine rings is 1. The predicted octanol–water partition coefficient (Wildman–Crippen LogP) is 0.675. The minimum absolute atomic E-state index is 0.153. The van der Waals surface area contributed by atoms with Crippen molar-refractivity contribution in [2.24, 2.45) is 5.92 Å². The van der Waals surface area contributed by atoms with Crippen molar-refractivity contribution in [3.63, 3.8) is 0 Å². The first-order valence-electron chi connectivity index (χ1n) is 5.89. The van der Waals surface area contributed by atoms with E-state index in [0.29, 0.717) is 5.65 Å². The van der Waals surface area contributed by atoms with Crippen LogP contribution in [-0.4, -0.2) is 33.3 Å². The number of anilines is 2. The standard InChI is InChI=1S/C11H13N7/c12-5-7-1-3-18(4-2-7)10-8-6-14-17-9(8)15-11(13)16-10/h6-7H,1-4H2,(H3,13,14,15,16,17). The Hall–Kier alpha value is -2.36. The van der Waals surface area contributed by atoms with Crippen LogP contribution < -0.4 is 10.6 Å². The van der Waals surface area contributed by atoms with Gasteiger partial charge in [-0.1, -0.05) is 0 Å². The van der Waals surface area contributed by atoms with Gasteiger partial charge in [0.2, 0.25) is 5.95 Å². The minimum atomic E-state index is 0.153. The lowest BCUT2D eigenvalue weighted by atomic mass is 9.98. The first kappa shape index (κ1) is 10.8. The van der Waals surface area contributed by atoms with Crippen molar-refractivity contribution in [2.45, 2.75) is 12.8 Å². The Kier molecular flexibility index (Phi) is 2.48. The Bertz CT molecular complexity index is 603. The molecule has 0 radical (unpaired) electrons. The van der Waals surface area contributed by atoms with Crippen LogP contribution in [0.4, 0.5) is 11.8 Å². The van der Waals surface area contributed by atoms with Gasteiger partial charge >= 0.3 is 0 Å². The normalized spacial score (nSPS) is 16.9. The lowest BCUT2D eigenvalue weighted by molar-refractivity contribution is 0.486. The van der Waals surface area contributed by atoms with Crippen LogP contribution in [0.2, 0.25) is 0 Å². The zero-order valence-corrected chi connectivity index (χ0v) is 9.80. The van der Waals surface area contributed by atoms with Crippen LogP contribution in [0.15, 0.2) is 6.20 Å². The van der Waals surface area contributed by atoms with Crippen LogP contribution in [0.1, 0.15) is 12.8 Å². The Morgan fingerprint density at radius 1 is 1.39 bits per heavy atom. The van der Waals surface area contributed by atoms with Gasteiger partial charge in [0, 0.05) is 19.0 Å². The van der Waals surface area contributed by atoms with Gasteiger partial charge in [0.05, 0.1) is 17.7 Å². The van der Waals surface area contributed by atoms with Crippen LogP contribution in [0.25, 0.3) is 11.0 Å². The van der Waals surface area contributed by atoms with E-state index in [0.717, 1.165) is 37.1 Å². The van der Waals surface area contributed by atoms with E-state index in [2.05, 4.69) is 31.1 Å². The molecule has 2 aromatic heterocycles. The van der Waals surface area contributed by atoms with Gasteiger partial charge in [0.15, 0.2) is 5.65 Å². The summed E-state index contributed by atoms with van der Waals surface area (Å²) in [6.07, 6.45) is 3.43. The molecule has 0 aliphatic carbocycles. The number of nitrogens with zero attached hydrogens (tertiary/aromatic N) is 5. The fraction of sp³-hybridized carbons (Fsp3) is 0.455. The van der Waals surface area contributed by atoms with E-state index < -0.39 is 0 Å². The summed E-state index contributed by atoms with van der Waals surface area (Å²) >= 11 is 0. The van der Waals surface area contributed by atoms with Crippen molar-refractivity contribution in [2.75, 3.05) is 23.7 Å². The Morgan fingerprint density at radius 2 is 2.17 bits per heavy atom. The highest BCUT2D eigenvalue weighted by molar-refractivity contribution is 5.87. The summed E-state index contributed by atoms with van der Waals surface area (Å²) in [6, 6.07) is 2.32. The molecule has 7 nitrogen and oxygen atoms in total. The number of hydrogen-bond donors (Lipinski definition) is 2. The number of nitriles is 1. The van der Waals surface area contributed by atoms with Crippen molar-refractivity contribution < 1.29 is 0 Å². The van der Waals surface area contributed by atoms with Crippen molar-refractivity contribution in [3.05, 3.63) is 6.20 Å². The first-order chi connectivity index (χ1) is 8.78. The summed E-state index contributed by atoms with van der Waals surface area (Å²) in [4.78, 5) is 10.5. The Morgan fingerprint density at radius 3 is 2.89 bits per heavy atom. The number of nitrogen functional groups attached to an aromatic ring is 1. The van der Waals surface area contributed by atoms with Crippen LogP contribution >= 0.6 is 0 Å². The number of nitrogens with one attached hydrogen (secondary N) is 1. The smallest absolute Gasteiger partial charge is 0.224 e. The molecule has 92 valence electrons. The third kappa shape index (κ3) is 1.72. The molecule has 3 heterocycles. The number of rotatable bonds is 1. The summed E-state index contributed by atoms with van der Waals surface area (Å²) in [5.41, 5.74) is 6.35. The lowest BCUT2D eigenvalue weighted by Gasteiger charge is -2.30. The van der Waals surface area contributed by atoms with E-state index in [-0.39, 0.29) is 11.9 Å². The van der Waals surface area contributed by atoms with Gasteiger partial charge in [0.1, 0.15) is 5.82 Å². The highest BCUT2D eigenvalue weighted by Crippen LogP contribution is 2.27. The van der Waals surface area contributed by atoms with Crippen molar-refractivity contribution >= 4 is 22.8 Å². The minimum Gasteiger partial charge on any atom is -0.368 e. The zero-order valence-electron chi connectivity index (χ0n) is 9.80. The molecule has 2 aromatic rings. The van der Waals surface area contributed by atoms with Crippen LogP contribution in [0.5, 0.6) is 0 Å². The quantitative estimate of drug-likeness (QED) is 0.762. The maximum absolute atomic E-state index is 8.90. The second kappa shape index (κ2) is 4.14. The maximum atomic E-state index is 8.90. The van der Waals surface area contributed by atoms with Gasteiger partial charge in [-0.15, -0.1) is 0 Å². The summed E-state index contributed by atoms with van der Waals surface area (Å²) in [5, 5.41) is 16.5. The Balaban J connectivity index is 1.95. The molecule has 0 spiro atoms. The van der Waals surface area contributed by atoms with Gasteiger partial charge in [-0.05, 0) is 12.8 Å². The second-order valence-corrected chi connectivity index (χ2v) is 4.43. The van der Waals surface area contributed by atoms with Gasteiger partial charge in [-0.25, -0.2) is 0 Å². The van der Waals surface area contributed by atoms with Gasteiger partial charge in [-0.3, -0.25) is 5.10 Å². The van der Waals surface area contributed by atoms with Crippen LogP contribution in [-0.2, 0) is 0 Å². The monoisotopic (exact) mass is 243 g/mol. The molecule has 0 unspecified atom stereocenters. The molecule has 7 heteroatoms. The fourth-order valence-corrected chi connectivity index (χ4v) is 2.30. The maximum Gasteiger partial charge on any atom is 0.224 e. The average molecular weight is 243 g/mol. The molecular weight excluding hydrogens is 230 g/mol. The molecule has 3 N–H and O–H groups in total. The van der Waals surface area contributed by atoms with E-state index in [4.69, 9.17) is 11.0 Å². The van der Waals surface area contributed by atoms with Gasteiger partial charge in [-0.2, -0.15) is 20.3 Å². The van der Waals surface area contributed by atoms with Crippen LogP contribution in [0.3, 0.4) is 0 Å². The Labute approximate surface area is 104 Å². The molecule has 18 heavy (non-hydrogen) atoms. The van der Waals surface area contributed by atoms with E-state index in [1.165, 1.54) is 0 Å². The summed E-state index contributed by atoms with van der Waals surface area (Å²) in [6.45, 7) is 1.63. The fourth-order valence-electron chi connectivity index (χ4n) is 2.30. The molecule has 1 saturated heterocycles. The molecule has 1 fully saturated rings. The molecule has 1 aliphatic heterocycles. The molecule has 0 amide bonds. The molecule has 0 atom stereocenters. The third-order valence-corrected chi connectivity index (χ3v) is 3.28. The molecular formula is C11H13N7. The number of nitrogens with two attached hydrogens (primary N) is 1. The second-order valence-electron chi connectivity index (χ2n) is 4.43. The topological polar surface area (TPSA) is 108 Å². The van der Waals surface area contributed by atoms with E-state index in [1.807, 2.05) is 0 Å². The highest BCUT2D eigenvalue weighted by atomic mass is 15.2. The molecule has 0 saturated carbocycles. The largest absolute Gasteiger partial charge is 0.368 e. The van der Waals surface area contributed by atoms with Crippen LogP contribution in [0, 0.1) is 17.2 Å². The van der Waals surface area contributed by atoms with Crippen molar-refractivity contribution in [1.29, 1.82) is 5.26 Å². The van der Waals surface area contributed by atoms with Crippen molar-refractivity contribution in [1.82, 2.24) is 20.2 Å². The number of aromatic amines is 1. The summed E-state index contributed by atoms with van der Waals surface area (Å²) in [5.74, 6) is 1.20. The lowest BCUT2D eigenvalue weighted by Crippen LogP contribution is -2.34. The molecule has 1 aliphatic rings. The number of fused-ring (bicyclic) bond motifs is 1. The predicted molar refractivity (Wildman–Crippen MR) is 66.6 cm³/mol. The first-order valence-corrected chi connectivity index (χ1v) is 5.89. The van der Waals surface area contributed by atoms with Crippen molar-refractivity contribution in [3.8, 4) is 6.07 Å². The van der Waals surface area contributed by atoms with Gasteiger partial charge in [0.25, 0.3) is 0 Å². The number of aromatic nitrogens is 4. The van der Waals surface area contributed by atoms with E-state index in [9.17, 15) is 0 Å². The highest BCUT2D eigenvalue weighted by Gasteiger charge is 2.22. The SMILES string of the molecule is N#CC1CCN(c2nc(N)nc3[nH]ncc23)CC1. The molecule has 0 bridgehead atoms. The van der Waals surface area contributed by atoms with Gasteiger partial charge < -0.3 is 10.6 Å². The zero-order chi connectivity index (χ0) is 12.5. The molecule has 3 rings (SSSR count). The van der Waals surface area contributed by atoms with E-state index >= 15 is 0 Å². The number of hydrogen-bond acceptors (Lipinski definition) is 6. The van der Waals surface area contributed by atoms with E-state index in [1.54, 1.807) is 6.20 Å². The third-order valence-electron chi connectivity index (χ3n) is 3.28. The summed E-state index contributed by atoms with van der Waals surface area (Å²) in [7, 11) is 0. The molecule has 0 aromatic carbocycles. The summed E-state index contributed by atoms with van der Waals surface area (Å²) < 4.78 is 0. The number of H-pyrrole nitrogens is 1. The average Bonchev–Trinajstić information content (AvgIpc) is 2.86.